The Labute approximate surface area is 123 Å². The van der Waals surface area contributed by atoms with Crippen LogP contribution in [0.15, 0.2) is 71.3 Å². The Hall–Kier alpha value is -2.02. The van der Waals surface area contributed by atoms with E-state index >= 15 is 0 Å². The van der Waals surface area contributed by atoms with Crippen LogP contribution in [0.5, 0.6) is 0 Å². The lowest BCUT2D eigenvalue weighted by molar-refractivity contribution is -2.00. The maximum Gasteiger partial charge on any atom is 0.360 e. The van der Waals surface area contributed by atoms with Crippen molar-refractivity contribution in [1.29, 1.82) is 0 Å². The Morgan fingerprint density at radius 1 is 0.714 bits per heavy atom. The Bertz CT molecular complexity index is 699. The zero-order valence-electron chi connectivity index (χ0n) is 10.8. The first-order valence-electron chi connectivity index (χ1n) is 5.92. The molecule has 3 aromatic rings. The lowest BCUT2D eigenvalue weighted by Gasteiger charge is -2.17. The summed E-state index contributed by atoms with van der Waals surface area (Å²) in [5, 5.41) is 1.15. The molecule has 21 heavy (non-hydrogen) atoms. The molecule has 0 fully saturated rings. The zero-order valence-corrected chi connectivity index (χ0v) is 11.5. The molecule has 0 radical (unpaired) electrons. The molecule has 0 bridgehead atoms. The van der Waals surface area contributed by atoms with Crippen molar-refractivity contribution in [3.05, 3.63) is 66.9 Å². The Morgan fingerprint density at radius 3 is 1.95 bits per heavy atom. The summed E-state index contributed by atoms with van der Waals surface area (Å²) in [6.07, 6.45) is 1.74. The molecule has 2 aromatic carbocycles. The van der Waals surface area contributed by atoms with E-state index in [0.29, 0.717) is 0 Å². The van der Waals surface area contributed by atoms with Gasteiger partial charge < -0.3 is 0 Å². The minimum Gasteiger partial charge on any atom is -0.222 e. The summed E-state index contributed by atoms with van der Waals surface area (Å²) in [5.41, 5.74) is 3.35. The average Bonchev–Trinajstić information content (AvgIpc) is 2.46. The van der Waals surface area contributed by atoms with Gasteiger partial charge in [-0.15, -0.1) is 10.2 Å². The van der Waals surface area contributed by atoms with Crippen molar-refractivity contribution in [3.8, 4) is 11.1 Å². The summed E-state index contributed by atoms with van der Waals surface area (Å²) in [7, 11) is -4.94. The van der Waals surface area contributed by atoms with Crippen LogP contribution in [0.4, 0.5) is 0 Å². The number of hydrogen-bond donors (Lipinski definition) is 0. The molecule has 0 atom stereocenters. The van der Waals surface area contributed by atoms with Gasteiger partial charge in [-0.05, 0) is 11.6 Å². The molecular formula is C15H11ClO5. The topological polar surface area (TPSA) is 104 Å². The molecule has 0 saturated heterocycles. The molecule has 3 rings (SSSR count). The Morgan fingerprint density at radius 2 is 1.29 bits per heavy atom. The van der Waals surface area contributed by atoms with Gasteiger partial charge in [0.15, 0.2) is 0 Å². The minimum absolute atomic E-state index is 0.920. The average molecular weight is 307 g/mol. The summed E-state index contributed by atoms with van der Waals surface area (Å²) in [6.45, 7) is 0. The molecule has 0 aliphatic carbocycles. The maximum absolute atomic E-state index is 8.49. The van der Waals surface area contributed by atoms with Crippen LogP contribution >= 0.6 is 0 Å². The van der Waals surface area contributed by atoms with Gasteiger partial charge in [-0.2, -0.15) is 0 Å². The van der Waals surface area contributed by atoms with Gasteiger partial charge in [0, 0.05) is 17.7 Å². The fourth-order valence-electron chi connectivity index (χ4n) is 1.93. The van der Waals surface area contributed by atoms with Crippen molar-refractivity contribution in [2.75, 3.05) is 0 Å². The number of rotatable bonds is 1. The molecule has 0 spiro atoms. The van der Waals surface area contributed by atoms with Crippen LogP contribution < -0.4 is 18.6 Å². The van der Waals surface area contributed by atoms with Gasteiger partial charge in [0.1, 0.15) is 0 Å². The second-order valence-corrected chi connectivity index (χ2v) is 4.83. The van der Waals surface area contributed by atoms with E-state index in [0.717, 1.165) is 11.0 Å². The van der Waals surface area contributed by atoms with Gasteiger partial charge >= 0.3 is 11.8 Å². The van der Waals surface area contributed by atoms with Crippen LogP contribution in [-0.2, 0) is 0 Å². The number of benzene rings is 2. The van der Waals surface area contributed by atoms with Crippen molar-refractivity contribution in [2.45, 2.75) is 0 Å². The van der Waals surface area contributed by atoms with E-state index in [9.17, 15) is 0 Å². The van der Waals surface area contributed by atoms with E-state index in [-0.39, 0.29) is 0 Å². The predicted octanol–water partition coefficient (Wildman–Crippen LogP) is -0.375. The van der Waals surface area contributed by atoms with Crippen LogP contribution in [0, 0.1) is 10.2 Å². The number of halogens is 1. The van der Waals surface area contributed by atoms with E-state index in [1.165, 1.54) is 11.1 Å². The number of para-hydroxylation sites is 1. The Kier molecular flexibility index (Phi) is 4.85. The minimum atomic E-state index is -4.94. The molecular weight excluding hydrogens is 296 g/mol. The lowest BCUT2D eigenvalue weighted by Crippen LogP contribution is -2.68. The highest BCUT2D eigenvalue weighted by molar-refractivity contribution is 5.92. The molecule has 0 amide bonds. The molecule has 1 heterocycles. The second-order valence-electron chi connectivity index (χ2n) is 4.07. The third-order valence-corrected chi connectivity index (χ3v) is 2.69. The second kappa shape index (κ2) is 6.62. The summed E-state index contributed by atoms with van der Waals surface area (Å²) in [5.74, 6) is 0. The van der Waals surface area contributed by atoms with Gasteiger partial charge in [0.25, 0.3) is 0 Å². The van der Waals surface area contributed by atoms with Gasteiger partial charge in [0.05, 0.1) is 5.39 Å². The highest BCUT2D eigenvalue weighted by Crippen LogP contribution is 2.27. The fourth-order valence-corrected chi connectivity index (χ4v) is 1.93. The largest absolute Gasteiger partial charge is 0.360 e. The molecule has 5 nitrogen and oxygen atoms in total. The first-order chi connectivity index (χ1) is 9.95. The molecule has 0 saturated carbocycles. The van der Waals surface area contributed by atoms with Crippen LogP contribution in [0.25, 0.3) is 22.1 Å². The van der Waals surface area contributed by atoms with Gasteiger partial charge in [-0.25, -0.2) is 23.1 Å². The normalized spacial score (nSPS) is 10.9. The first kappa shape index (κ1) is 15.4. The highest BCUT2D eigenvalue weighted by atomic mass is 35.7. The van der Waals surface area contributed by atoms with E-state index in [2.05, 4.69) is 18.2 Å². The van der Waals surface area contributed by atoms with Gasteiger partial charge in [-0.1, -0.05) is 42.5 Å². The zero-order chi connectivity index (χ0) is 15.3. The summed E-state index contributed by atoms with van der Waals surface area (Å²) in [4.78, 5) is 0. The van der Waals surface area contributed by atoms with Crippen LogP contribution in [0.1, 0.15) is 0 Å². The monoisotopic (exact) mass is 306 g/mol. The Balaban J connectivity index is 0.000000282. The van der Waals surface area contributed by atoms with Crippen LogP contribution in [0.2, 0.25) is 0 Å². The fraction of sp³-hybridized carbons (Fsp3) is 0. The van der Waals surface area contributed by atoms with Crippen LogP contribution in [-0.4, -0.2) is 0 Å². The van der Waals surface area contributed by atoms with Crippen molar-refractivity contribution in [1.82, 2.24) is 0 Å². The van der Waals surface area contributed by atoms with Crippen molar-refractivity contribution in [2.24, 2.45) is 0 Å². The molecule has 0 aliphatic rings. The van der Waals surface area contributed by atoms with Crippen LogP contribution in [0.3, 0.4) is 0 Å². The summed E-state index contributed by atoms with van der Waals surface area (Å²) < 4.78 is 39.4. The number of fused-ring (bicyclic) bond motifs is 1. The van der Waals surface area contributed by atoms with Gasteiger partial charge in [-0.3, -0.25) is 0 Å². The van der Waals surface area contributed by atoms with E-state index in [4.69, 9.17) is 23.1 Å². The van der Waals surface area contributed by atoms with E-state index < -0.39 is 10.2 Å². The first-order valence-corrected chi connectivity index (χ1v) is 7.15. The quantitative estimate of drug-likeness (QED) is 0.570. The SMILES string of the molecule is [O-][Cl+3]([O-])([O-])[O-].c1ccc(-c2cc[o+]c3ccccc23)cc1. The molecule has 108 valence electrons. The van der Waals surface area contributed by atoms with Crippen molar-refractivity contribution in [3.63, 3.8) is 0 Å². The van der Waals surface area contributed by atoms with Crippen molar-refractivity contribution < 1.29 is 33.3 Å². The maximum atomic E-state index is 8.49. The summed E-state index contributed by atoms with van der Waals surface area (Å²) in [6, 6.07) is 20.5. The third-order valence-electron chi connectivity index (χ3n) is 2.69. The van der Waals surface area contributed by atoms with E-state index in [1.54, 1.807) is 6.26 Å². The van der Waals surface area contributed by atoms with Gasteiger partial charge in [0.2, 0.25) is 0 Å². The summed E-state index contributed by atoms with van der Waals surface area (Å²) >= 11 is 0. The molecule has 6 heteroatoms. The lowest BCUT2D eigenvalue weighted by atomic mass is 10.0. The third kappa shape index (κ3) is 4.78. The molecule has 1 aromatic heterocycles. The van der Waals surface area contributed by atoms with E-state index in [1.807, 2.05) is 42.5 Å². The molecule has 0 N–H and O–H groups in total. The predicted molar refractivity (Wildman–Crippen MR) is 66.1 cm³/mol. The van der Waals surface area contributed by atoms with Crippen molar-refractivity contribution >= 4 is 11.0 Å². The standard InChI is InChI=1S/C15H11O.ClHO4/c1-2-6-12(7-3-1)13-10-11-16-15-9-5-4-8-14(13)15;2-1(3,4)5/h1-11H;(H,2,3,4,5)/q+1;/p-1. The number of hydrogen-bond acceptors (Lipinski definition) is 4. The highest BCUT2D eigenvalue weighted by Gasteiger charge is 2.10. The smallest absolute Gasteiger partial charge is 0.222 e. The molecule has 0 aliphatic heterocycles. The molecule has 0 unspecified atom stereocenters.